The SMILES string of the molecule is COc1ccc(CCCC(=O)N/N=C\c2cn(C(C)C)c3ccccc23)cc1. The third-order valence-electron chi connectivity index (χ3n) is 4.75. The third-order valence-corrected chi connectivity index (χ3v) is 4.75. The zero-order chi connectivity index (χ0) is 19.9. The highest BCUT2D eigenvalue weighted by Crippen LogP contribution is 2.23. The van der Waals surface area contributed by atoms with Crippen LogP contribution >= 0.6 is 0 Å². The minimum Gasteiger partial charge on any atom is -0.497 e. The van der Waals surface area contributed by atoms with Crippen LogP contribution in [0.5, 0.6) is 5.75 Å². The lowest BCUT2D eigenvalue weighted by Crippen LogP contribution is -2.17. The smallest absolute Gasteiger partial charge is 0.240 e. The van der Waals surface area contributed by atoms with E-state index in [1.807, 2.05) is 36.4 Å². The van der Waals surface area contributed by atoms with Crippen LogP contribution in [0.1, 0.15) is 43.9 Å². The average Bonchev–Trinajstić information content (AvgIpc) is 3.08. The predicted molar refractivity (Wildman–Crippen MR) is 114 cm³/mol. The molecule has 5 heteroatoms. The van der Waals surface area contributed by atoms with Crippen molar-refractivity contribution in [1.29, 1.82) is 0 Å². The number of aromatic nitrogens is 1. The van der Waals surface area contributed by atoms with E-state index in [2.05, 4.69) is 47.3 Å². The Bertz CT molecular complexity index is 956. The molecule has 3 aromatic rings. The van der Waals surface area contributed by atoms with E-state index in [1.54, 1.807) is 13.3 Å². The molecule has 0 aliphatic carbocycles. The van der Waals surface area contributed by atoms with Crippen molar-refractivity contribution >= 4 is 23.0 Å². The van der Waals surface area contributed by atoms with E-state index in [-0.39, 0.29) is 5.91 Å². The van der Waals surface area contributed by atoms with Crippen molar-refractivity contribution in [3.63, 3.8) is 0 Å². The Morgan fingerprint density at radius 1 is 1.18 bits per heavy atom. The van der Waals surface area contributed by atoms with Gasteiger partial charge in [0.25, 0.3) is 0 Å². The van der Waals surface area contributed by atoms with Gasteiger partial charge in [-0.15, -0.1) is 0 Å². The van der Waals surface area contributed by atoms with Crippen LogP contribution in [-0.2, 0) is 11.2 Å². The predicted octanol–water partition coefficient (Wildman–Crippen LogP) is 4.70. The molecule has 5 nitrogen and oxygen atoms in total. The molecule has 28 heavy (non-hydrogen) atoms. The number of hydrogen-bond acceptors (Lipinski definition) is 3. The van der Waals surface area contributed by atoms with Crippen LogP contribution in [0.25, 0.3) is 10.9 Å². The summed E-state index contributed by atoms with van der Waals surface area (Å²) >= 11 is 0. The molecular weight excluding hydrogens is 350 g/mol. The van der Waals surface area contributed by atoms with Gasteiger partial charge in [-0.05, 0) is 50.5 Å². The fourth-order valence-electron chi connectivity index (χ4n) is 3.24. The van der Waals surface area contributed by atoms with E-state index in [4.69, 9.17) is 4.74 Å². The molecule has 1 N–H and O–H groups in total. The maximum atomic E-state index is 12.1. The summed E-state index contributed by atoms with van der Waals surface area (Å²) in [5.41, 5.74) is 6.01. The number of amides is 1. The number of nitrogens with zero attached hydrogens (tertiary/aromatic N) is 2. The van der Waals surface area contributed by atoms with Crippen molar-refractivity contribution in [2.24, 2.45) is 5.10 Å². The second-order valence-electron chi connectivity index (χ2n) is 7.10. The number of ether oxygens (including phenoxy) is 1. The molecule has 0 unspecified atom stereocenters. The summed E-state index contributed by atoms with van der Waals surface area (Å²) < 4.78 is 7.37. The maximum Gasteiger partial charge on any atom is 0.240 e. The quantitative estimate of drug-likeness (QED) is 0.457. The first-order chi connectivity index (χ1) is 13.6. The number of fused-ring (bicyclic) bond motifs is 1. The van der Waals surface area contributed by atoms with Gasteiger partial charge in [-0.2, -0.15) is 5.10 Å². The van der Waals surface area contributed by atoms with Crippen LogP contribution in [-0.4, -0.2) is 23.8 Å². The summed E-state index contributed by atoms with van der Waals surface area (Å²) in [5.74, 6) is 0.770. The third kappa shape index (κ3) is 4.80. The molecule has 0 fully saturated rings. The zero-order valence-electron chi connectivity index (χ0n) is 16.7. The lowest BCUT2D eigenvalue weighted by Gasteiger charge is -2.08. The lowest BCUT2D eigenvalue weighted by atomic mass is 10.1. The Hall–Kier alpha value is -3.08. The van der Waals surface area contributed by atoms with Gasteiger partial charge in [0.05, 0.1) is 13.3 Å². The van der Waals surface area contributed by atoms with Gasteiger partial charge in [0, 0.05) is 35.1 Å². The normalized spacial score (nSPS) is 11.4. The summed E-state index contributed by atoms with van der Waals surface area (Å²) in [7, 11) is 1.65. The van der Waals surface area contributed by atoms with E-state index >= 15 is 0 Å². The van der Waals surface area contributed by atoms with Gasteiger partial charge in [0.2, 0.25) is 5.91 Å². The maximum absolute atomic E-state index is 12.1. The number of para-hydroxylation sites is 1. The van der Waals surface area contributed by atoms with E-state index in [9.17, 15) is 4.79 Å². The van der Waals surface area contributed by atoms with Crippen LogP contribution in [0.4, 0.5) is 0 Å². The molecule has 0 radical (unpaired) electrons. The number of nitrogens with one attached hydrogen (secondary N) is 1. The van der Waals surface area contributed by atoms with Gasteiger partial charge in [-0.1, -0.05) is 30.3 Å². The van der Waals surface area contributed by atoms with Gasteiger partial charge in [-0.3, -0.25) is 4.79 Å². The number of carbonyl (C=O) groups is 1. The molecule has 2 aromatic carbocycles. The van der Waals surface area contributed by atoms with E-state index in [0.717, 1.165) is 29.5 Å². The van der Waals surface area contributed by atoms with Crippen LogP contribution in [0, 0.1) is 0 Å². The largest absolute Gasteiger partial charge is 0.497 e. The molecule has 146 valence electrons. The molecule has 0 aliphatic heterocycles. The summed E-state index contributed by atoms with van der Waals surface area (Å²) in [6.07, 6.45) is 5.87. The molecule has 3 rings (SSSR count). The number of hydrazone groups is 1. The Balaban J connectivity index is 1.53. The monoisotopic (exact) mass is 377 g/mol. The molecule has 0 spiro atoms. The Kier molecular flexibility index (Phi) is 6.48. The standard InChI is InChI=1S/C23H27N3O2/c1-17(2)26-16-19(21-8-4-5-9-22(21)26)15-24-25-23(27)10-6-7-18-11-13-20(28-3)14-12-18/h4-5,8-9,11-17H,6-7,10H2,1-3H3,(H,25,27)/b24-15-. The fourth-order valence-corrected chi connectivity index (χ4v) is 3.24. The van der Waals surface area contributed by atoms with Crippen molar-refractivity contribution < 1.29 is 9.53 Å². The van der Waals surface area contributed by atoms with Gasteiger partial charge in [-0.25, -0.2) is 5.43 Å². The first kappa shape index (κ1) is 19.7. The summed E-state index contributed by atoms with van der Waals surface area (Å²) in [6.45, 7) is 4.30. The summed E-state index contributed by atoms with van der Waals surface area (Å²) in [4.78, 5) is 12.1. The number of benzene rings is 2. The first-order valence-electron chi connectivity index (χ1n) is 9.63. The molecule has 1 amide bonds. The highest BCUT2D eigenvalue weighted by atomic mass is 16.5. The van der Waals surface area contributed by atoms with Crippen LogP contribution in [0.3, 0.4) is 0 Å². The Morgan fingerprint density at radius 2 is 1.93 bits per heavy atom. The molecule has 0 aliphatic rings. The van der Waals surface area contributed by atoms with E-state index < -0.39 is 0 Å². The zero-order valence-corrected chi connectivity index (χ0v) is 16.7. The van der Waals surface area contributed by atoms with Crippen molar-refractivity contribution in [2.75, 3.05) is 7.11 Å². The minimum atomic E-state index is -0.0719. The number of rotatable bonds is 8. The Morgan fingerprint density at radius 3 is 2.64 bits per heavy atom. The number of carbonyl (C=O) groups excluding carboxylic acids is 1. The molecule has 0 bridgehead atoms. The lowest BCUT2D eigenvalue weighted by molar-refractivity contribution is -0.121. The second kappa shape index (κ2) is 9.22. The number of aryl methyl sites for hydroxylation is 1. The summed E-state index contributed by atoms with van der Waals surface area (Å²) in [6, 6.07) is 16.5. The van der Waals surface area contributed by atoms with Crippen LogP contribution in [0.2, 0.25) is 0 Å². The molecule has 0 atom stereocenters. The molecule has 1 heterocycles. The molecule has 1 aromatic heterocycles. The second-order valence-corrected chi connectivity index (χ2v) is 7.10. The van der Waals surface area contributed by atoms with Gasteiger partial charge in [0.1, 0.15) is 5.75 Å². The van der Waals surface area contributed by atoms with Gasteiger partial charge in [0.15, 0.2) is 0 Å². The molecular formula is C23H27N3O2. The fraction of sp³-hybridized carbons (Fsp3) is 0.304. The topological polar surface area (TPSA) is 55.6 Å². The number of methoxy groups -OCH3 is 1. The van der Waals surface area contributed by atoms with Crippen LogP contribution in [0.15, 0.2) is 59.8 Å². The number of hydrogen-bond donors (Lipinski definition) is 1. The average molecular weight is 377 g/mol. The van der Waals surface area contributed by atoms with Crippen molar-refractivity contribution in [2.45, 2.75) is 39.2 Å². The Labute approximate surface area is 166 Å². The van der Waals surface area contributed by atoms with Gasteiger partial charge < -0.3 is 9.30 Å². The molecule has 0 saturated carbocycles. The van der Waals surface area contributed by atoms with E-state index in [0.29, 0.717) is 12.5 Å². The van der Waals surface area contributed by atoms with Gasteiger partial charge >= 0.3 is 0 Å². The highest BCUT2D eigenvalue weighted by molar-refractivity contribution is 5.99. The van der Waals surface area contributed by atoms with E-state index in [1.165, 1.54) is 11.1 Å². The minimum absolute atomic E-state index is 0.0719. The highest BCUT2D eigenvalue weighted by Gasteiger charge is 2.08. The van der Waals surface area contributed by atoms with Crippen molar-refractivity contribution in [3.05, 3.63) is 65.9 Å². The first-order valence-corrected chi connectivity index (χ1v) is 9.63. The van der Waals surface area contributed by atoms with Crippen molar-refractivity contribution in [3.8, 4) is 5.75 Å². The van der Waals surface area contributed by atoms with Crippen molar-refractivity contribution in [1.82, 2.24) is 9.99 Å². The van der Waals surface area contributed by atoms with Crippen LogP contribution < -0.4 is 10.2 Å². The summed E-state index contributed by atoms with van der Waals surface area (Å²) in [5, 5.41) is 5.29. The molecule has 0 saturated heterocycles.